The van der Waals surface area contributed by atoms with Crippen LogP contribution in [0.5, 0.6) is 0 Å². The van der Waals surface area contributed by atoms with Gasteiger partial charge in [-0.15, -0.1) is 0 Å². The van der Waals surface area contributed by atoms with Crippen LogP contribution in [0, 0.1) is 0 Å². The van der Waals surface area contributed by atoms with Crippen molar-refractivity contribution in [2.45, 2.75) is 6.54 Å². The van der Waals surface area contributed by atoms with Gasteiger partial charge in [0.05, 0.1) is 6.54 Å². The van der Waals surface area contributed by atoms with Crippen LogP contribution in [-0.2, 0) is 16.6 Å². The fourth-order valence-electron chi connectivity index (χ4n) is 1.24. The van der Waals surface area contributed by atoms with Gasteiger partial charge >= 0.3 is 0 Å². The molecule has 0 amide bonds. The number of hydrogen-bond acceptors (Lipinski definition) is 3. The Hall–Kier alpha value is -1.14. The summed E-state index contributed by atoms with van der Waals surface area (Å²) in [5.41, 5.74) is 1.03. The topological polar surface area (TPSA) is 58.5 Å². The summed E-state index contributed by atoms with van der Waals surface area (Å²) >= 11 is 2.96. The molecule has 1 heterocycles. The summed E-state index contributed by atoms with van der Waals surface area (Å²) in [4.78, 5) is 4.16. The number of hydrogen-bond donors (Lipinski definition) is 1. The van der Waals surface area contributed by atoms with Crippen molar-refractivity contribution in [2.24, 2.45) is 4.99 Å². The molecule has 1 aromatic rings. The van der Waals surface area contributed by atoms with Crippen LogP contribution in [0.3, 0.4) is 0 Å². The number of nitrogens with one attached hydrogen (secondary N) is 1. The Bertz CT molecular complexity index is 549. The predicted octanol–water partition coefficient (Wildman–Crippen LogP) is 1.75. The van der Waals surface area contributed by atoms with Crippen molar-refractivity contribution < 1.29 is 8.42 Å². The van der Waals surface area contributed by atoms with Gasteiger partial charge in [0.1, 0.15) is 9.65 Å². The molecule has 4 nitrogen and oxygen atoms in total. The summed E-state index contributed by atoms with van der Waals surface area (Å²) in [6.45, 7) is 0.454. The Morgan fingerprint density at radius 2 is 1.94 bits per heavy atom. The second-order valence-electron chi connectivity index (χ2n) is 3.24. The monoisotopic (exact) mass is 300 g/mol. The summed E-state index contributed by atoms with van der Waals surface area (Å²) in [6.07, 6.45) is 1.46. The smallest absolute Gasteiger partial charge is 0.263 e. The van der Waals surface area contributed by atoms with Crippen LogP contribution >= 0.6 is 15.9 Å². The van der Waals surface area contributed by atoms with E-state index in [1.165, 1.54) is 6.08 Å². The maximum absolute atomic E-state index is 11.3. The van der Waals surface area contributed by atoms with Crippen molar-refractivity contribution in [3.8, 4) is 0 Å². The van der Waals surface area contributed by atoms with E-state index in [0.717, 1.165) is 5.56 Å². The molecule has 0 aromatic heterocycles. The average molecular weight is 301 g/mol. The maximum atomic E-state index is 11.3. The summed E-state index contributed by atoms with van der Waals surface area (Å²) in [7, 11) is -3.38. The molecule has 0 atom stereocenters. The second-order valence-corrected chi connectivity index (χ2v) is 6.27. The highest BCUT2D eigenvalue weighted by Gasteiger charge is 2.23. The van der Waals surface area contributed by atoms with Crippen LogP contribution in [0.2, 0.25) is 0 Å². The maximum Gasteiger partial charge on any atom is 0.269 e. The van der Waals surface area contributed by atoms with Gasteiger partial charge in [0, 0.05) is 6.08 Å². The average Bonchev–Trinajstić information content (AvgIpc) is 2.52. The van der Waals surface area contributed by atoms with Crippen molar-refractivity contribution in [3.05, 3.63) is 45.8 Å². The lowest BCUT2D eigenvalue weighted by Gasteiger charge is -1.98. The molecule has 0 saturated heterocycles. The van der Waals surface area contributed by atoms with Gasteiger partial charge in [-0.25, -0.2) is 8.42 Å². The van der Waals surface area contributed by atoms with Gasteiger partial charge in [-0.3, -0.25) is 9.71 Å². The summed E-state index contributed by atoms with van der Waals surface area (Å²) < 4.78 is 25.0. The number of rotatable bonds is 2. The summed E-state index contributed by atoms with van der Waals surface area (Å²) in [6, 6.07) is 9.63. The molecular weight excluding hydrogens is 292 g/mol. The number of sulfonamides is 1. The van der Waals surface area contributed by atoms with Gasteiger partial charge in [-0.1, -0.05) is 30.3 Å². The van der Waals surface area contributed by atoms with Crippen LogP contribution in [0.15, 0.2) is 45.2 Å². The van der Waals surface area contributed by atoms with E-state index in [4.69, 9.17) is 0 Å². The van der Waals surface area contributed by atoms with Gasteiger partial charge in [0.15, 0.2) is 0 Å². The summed E-state index contributed by atoms with van der Waals surface area (Å²) in [5, 5.41) is 0. The van der Waals surface area contributed by atoms with Gasteiger partial charge in [-0.05, 0) is 21.5 Å². The minimum atomic E-state index is -3.38. The third-order valence-corrected chi connectivity index (χ3v) is 4.64. The van der Waals surface area contributed by atoms with E-state index in [1.54, 1.807) is 0 Å². The quantitative estimate of drug-likeness (QED) is 0.905. The minimum absolute atomic E-state index is 0.117. The zero-order chi connectivity index (χ0) is 11.6. The summed E-state index contributed by atoms with van der Waals surface area (Å²) in [5.74, 6) is 0.357. The van der Waals surface area contributed by atoms with Crippen LogP contribution in [0.4, 0.5) is 0 Å². The van der Waals surface area contributed by atoms with Gasteiger partial charge in [0.25, 0.3) is 10.0 Å². The zero-order valence-corrected chi connectivity index (χ0v) is 10.6. The van der Waals surface area contributed by atoms with E-state index in [0.29, 0.717) is 12.4 Å². The standard InChI is InChI=1S/C10H9BrN2O2S/c11-9-6-10(13-16(9,14)15)12-7-8-4-2-1-3-5-8/h1-6H,7H2,(H,12,13). The molecule has 1 aliphatic heterocycles. The van der Waals surface area contributed by atoms with E-state index in [9.17, 15) is 8.42 Å². The lowest BCUT2D eigenvalue weighted by atomic mass is 10.2. The first-order valence-corrected chi connectivity index (χ1v) is 6.84. The highest BCUT2D eigenvalue weighted by Crippen LogP contribution is 2.18. The molecule has 1 aromatic carbocycles. The minimum Gasteiger partial charge on any atom is -0.263 e. The zero-order valence-electron chi connectivity index (χ0n) is 8.22. The largest absolute Gasteiger partial charge is 0.269 e. The molecule has 0 fully saturated rings. The Morgan fingerprint density at radius 3 is 2.50 bits per heavy atom. The second kappa shape index (κ2) is 4.39. The SMILES string of the molecule is O=S1(=O)NC(=NCc2ccccc2)C=C1Br. The van der Waals surface area contributed by atoms with Gasteiger partial charge in [-0.2, -0.15) is 0 Å². The lowest BCUT2D eigenvalue weighted by Crippen LogP contribution is -2.22. The first-order valence-electron chi connectivity index (χ1n) is 4.56. The fourth-order valence-corrected chi connectivity index (χ4v) is 2.46. The van der Waals surface area contributed by atoms with Crippen LogP contribution in [0.1, 0.15) is 5.56 Å². The van der Waals surface area contributed by atoms with Crippen LogP contribution in [0.25, 0.3) is 0 Å². The van der Waals surface area contributed by atoms with Crippen molar-refractivity contribution in [1.82, 2.24) is 4.72 Å². The number of amidine groups is 1. The molecule has 1 aliphatic rings. The molecule has 0 spiro atoms. The molecule has 0 aliphatic carbocycles. The van der Waals surface area contributed by atoms with Crippen molar-refractivity contribution in [2.75, 3.05) is 0 Å². The Morgan fingerprint density at radius 1 is 1.25 bits per heavy atom. The fraction of sp³-hybridized carbons (Fsp3) is 0.100. The van der Waals surface area contributed by atoms with Crippen LogP contribution < -0.4 is 4.72 Å². The molecule has 0 saturated carbocycles. The van der Waals surface area contributed by atoms with E-state index >= 15 is 0 Å². The number of benzene rings is 1. The van der Waals surface area contributed by atoms with Crippen molar-refractivity contribution in [1.29, 1.82) is 0 Å². The number of aliphatic imine (C=N–C) groups is 1. The Labute approximate surface area is 102 Å². The normalized spacial score (nSPS) is 20.6. The van der Waals surface area contributed by atoms with E-state index < -0.39 is 10.0 Å². The lowest BCUT2D eigenvalue weighted by molar-refractivity contribution is 0.602. The van der Waals surface area contributed by atoms with E-state index in [2.05, 4.69) is 25.6 Å². The molecular formula is C10H9BrN2O2S. The highest BCUT2D eigenvalue weighted by molar-refractivity contribution is 9.13. The molecule has 16 heavy (non-hydrogen) atoms. The molecule has 2 rings (SSSR count). The predicted molar refractivity (Wildman–Crippen MR) is 66.6 cm³/mol. The van der Waals surface area contributed by atoms with Crippen molar-refractivity contribution >= 4 is 31.8 Å². The van der Waals surface area contributed by atoms with Gasteiger partial charge < -0.3 is 0 Å². The first kappa shape index (κ1) is 11.3. The third-order valence-electron chi connectivity index (χ3n) is 2.02. The Balaban J connectivity index is 2.12. The highest BCUT2D eigenvalue weighted by atomic mass is 79.9. The number of nitrogens with zero attached hydrogens (tertiary/aromatic N) is 1. The van der Waals surface area contributed by atoms with Gasteiger partial charge in [0.2, 0.25) is 0 Å². The van der Waals surface area contributed by atoms with Crippen LogP contribution in [-0.4, -0.2) is 14.3 Å². The molecule has 0 bridgehead atoms. The molecule has 0 unspecified atom stereocenters. The van der Waals surface area contributed by atoms with Crippen molar-refractivity contribution in [3.63, 3.8) is 0 Å². The van der Waals surface area contributed by atoms with E-state index in [1.807, 2.05) is 30.3 Å². The Kier molecular flexibility index (Phi) is 3.11. The molecule has 0 radical (unpaired) electrons. The van der Waals surface area contributed by atoms with E-state index in [-0.39, 0.29) is 3.81 Å². The molecule has 1 N–H and O–H groups in total. The number of halogens is 1. The molecule has 6 heteroatoms. The third kappa shape index (κ3) is 2.51. The molecule has 84 valence electrons. The first-order chi connectivity index (χ1) is 7.58.